The van der Waals surface area contributed by atoms with Gasteiger partial charge < -0.3 is 20.5 Å². The topological polar surface area (TPSA) is 65.9 Å². The van der Waals surface area contributed by atoms with Crippen molar-refractivity contribution in [2.45, 2.75) is 19.3 Å². The molecule has 0 aliphatic carbocycles. The molecule has 5 nitrogen and oxygen atoms in total. The smallest absolute Gasteiger partial charge is 0.191 e. The Balaban J connectivity index is 0.00000280. The molecule has 0 saturated heterocycles. The van der Waals surface area contributed by atoms with Crippen LogP contribution in [0, 0.1) is 0 Å². The van der Waals surface area contributed by atoms with Crippen LogP contribution in [0.1, 0.15) is 22.1 Å². The number of guanidine groups is 1. The summed E-state index contributed by atoms with van der Waals surface area (Å²) in [5.74, 6) is 0.663. The molecule has 0 amide bonds. The van der Waals surface area contributed by atoms with Crippen molar-refractivity contribution in [1.29, 1.82) is 0 Å². The second kappa shape index (κ2) is 11.4. The fourth-order valence-corrected chi connectivity index (χ4v) is 3.84. The molecule has 1 unspecified atom stereocenters. The molecule has 0 aliphatic heterocycles. The predicted octanol–water partition coefficient (Wildman–Crippen LogP) is 4.06. The van der Waals surface area contributed by atoms with E-state index in [1.807, 2.05) is 18.2 Å². The highest BCUT2D eigenvalue weighted by atomic mass is 127. The Hall–Kier alpha value is -1.68. The standard InChI is InChI=1S/C21H25N3O2S.HI/c1-22-21(23-12-15-7-9-16(10-8-15)14-26-2)24-13-18(25)20-11-17-5-3-4-6-19(17)27-20;/h3-11,18,25H,12-14H2,1-2H3,(H2,22,23,24);1H. The quantitative estimate of drug-likeness (QED) is 0.254. The minimum absolute atomic E-state index is 0. The first kappa shape index (κ1) is 22.6. The Morgan fingerprint density at radius 3 is 2.50 bits per heavy atom. The number of ether oxygens (including phenoxy) is 1. The van der Waals surface area contributed by atoms with Gasteiger partial charge in [0.15, 0.2) is 5.96 Å². The number of aliphatic hydroxyl groups excluding tert-OH is 1. The molecule has 0 radical (unpaired) electrons. The van der Waals surface area contributed by atoms with E-state index in [0.29, 0.717) is 25.7 Å². The second-order valence-corrected chi connectivity index (χ2v) is 7.37. The van der Waals surface area contributed by atoms with Gasteiger partial charge in [-0.25, -0.2) is 0 Å². The lowest BCUT2D eigenvalue weighted by Gasteiger charge is -2.15. The number of rotatable bonds is 7. The molecule has 1 atom stereocenters. The monoisotopic (exact) mass is 511 g/mol. The van der Waals surface area contributed by atoms with Crippen LogP contribution in [0.3, 0.4) is 0 Å². The SMILES string of the molecule is CN=C(NCc1ccc(COC)cc1)NCC(O)c1cc2ccccc2s1.I. The highest BCUT2D eigenvalue weighted by Crippen LogP contribution is 2.29. The lowest BCUT2D eigenvalue weighted by molar-refractivity contribution is 0.184. The van der Waals surface area contributed by atoms with E-state index in [0.717, 1.165) is 21.4 Å². The summed E-state index contributed by atoms with van der Waals surface area (Å²) in [6.07, 6.45) is -0.575. The maximum atomic E-state index is 10.5. The van der Waals surface area contributed by atoms with Crippen LogP contribution in [0.5, 0.6) is 0 Å². The van der Waals surface area contributed by atoms with Gasteiger partial charge in [-0.05, 0) is 28.6 Å². The number of hydrogen-bond donors (Lipinski definition) is 3. The molecule has 150 valence electrons. The third kappa shape index (κ3) is 6.16. The Labute approximate surface area is 186 Å². The summed E-state index contributed by atoms with van der Waals surface area (Å²) in [6, 6.07) is 18.5. The summed E-state index contributed by atoms with van der Waals surface area (Å²) in [5.41, 5.74) is 2.30. The maximum Gasteiger partial charge on any atom is 0.191 e. The van der Waals surface area contributed by atoms with Gasteiger partial charge in [0.05, 0.1) is 6.61 Å². The number of halogens is 1. The van der Waals surface area contributed by atoms with Crippen LogP contribution >= 0.6 is 35.3 Å². The molecule has 7 heteroatoms. The Bertz CT molecular complexity index is 863. The molecular weight excluding hydrogens is 485 g/mol. The molecule has 0 aliphatic rings. The molecule has 0 saturated carbocycles. The normalized spacial score (nSPS) is 12.5. The van der Waals surface area contributed by atoms with E-state index in [4.69, 9.17) is 4.74 Å². The zero-order valence-electron chi connectivity index (χ0n) is 16.0. The third-order valence-corrected chi connectivity index (χ3v) is 5.47. The third-order valence-electron chi connectivity index (χ3n) is 4.25. The zero-order valence-corrected chi connectivity index (χ0v) is 19.2. The van der Waals surface area contributed by atoms with Crippen molar-refractivity contribution in [2.75, 3.05) is 20.7 Å². The lowest BCUT2D eigenvalue weighted by Crippen LogP contribution is -2.38. The van der Waals surface area contributed by atoms with Crippen LogP contribution in [0.15, 0.2) is 59.6 Å². The Kier molecular flexibility index (Phi) is 9.17. The van der Waals surface area contributed by atoms with Gasteiger partial charge in [0.2, 0.25) is 0 Å². The second-order valence-electron chi connectivity index (χ2n) is 6.26. The van der Waals surface area contributed by atoms with Crippen molar-refractivity contribution in [2.24, 2.45) is 4.99 Å². The minimum atomic E-state index is -0.575. The van der Waals surface area contributed by atoms with Crippen LogP contribution in [0.4, 0.5) is 0 Å². The largest absolute Gasteiger partial charge is 0.386 e. The Morgan fingerprint density at radius 2 is 1.82 bits per heavy atom. The first-order valence-electron chi connectivity index (χ1n) is 8.87. The van der Waals surface area contributed by atoms with Crippen LogP contribution < -0.4 is 10.6 Å². The number of nitrogens with zero attached hydrogens (tertiary/aromatic N) is 1. The van der Waals surface area contributed by atoms with Crippen LogP contribution in [-0.2, 0) is 17.9 Å². The fourth-order valence-electron chi connectivity index (χ4n) is 2.79. The number of aliphatic hydroxyl groups is 1. The Morgan fingerprint density at radius 1 is 1.11 bits per heavy atom. The first-order valence-corrected chi connectivity index (χ1v) is 9.69. The summed E-state index contributed by atoms with van der Waals surface area (Å²) in [5, 5.41) is 18.1. The van der Waals surface area contributed by atoms with Gasteiger partial charge >= 0.3 is 0 Å². The average molecular weight is 511 g/mol. The van der Waals surface area contributed by atoms with Gasteiger partial charge in [0, 0.05) is 36.8 Å². The number of hydrogen-bond acceptors (Lipinski definition) is 4. The molecule has 3 aromatic rings. The molecule has 3 rings (SSSR count). The molecule has 28 heavy (non-hydrogen) atoms. The average Bonchev–Trinajstić information content (AvgIpc) is 3.14. The number of thiophene rings is 1. The van der Waals surface area contributed by atoms with Crippen molar-refractivity contribution < 1.29 is 9.84 Å². The highest BCUT2D eigenvalue weighted by molar-refractivity contribution is 14.0. The van der Waals surface area contributed by atoms with Crippen molar-refractivity contribution in [3.8, 4) is 0 Å². The van der Waals surface area contributed by atoms with Gasteiger partial charge in [-0.15, -0.1) is 35.3 Å². The van der Waals surface area contributed by atoms with Gasteiger partial charge in [-0.3, -0.25) is 4.99 Å². The summed E-state index contributed by atoms with van der Waals surface area (Å²) in [7, 11) is 3.42. The van der Waals surface area contributed by atoms with Crippen molar-refractivity contribution in [1.82, 2.24) is 10.6 Å². The van der Waals surface area contributed by atoms with E-state index in [1.54, 1.807) is 25.5 Å². The maximum absolute atomic E-state index is 10.5. The van der Waals surface area contributed by atoms with Crippen LogP contribution in [-0.4, -0.2) is 31.8 Å². The van der Waals surface area contributed by atoms with E-state index in [1.165, 1.54) is 4.70 Å². The molecule has 0 fully saturated rings. The lowest BCUT2D eigenvalue weighted by atomic mass is 10.1. The number of benzene rings is 2. The molecule has 2 aromatic carbocycles. The highest BCUT2D eigenvalue weighted by Gasteiger charge is 2.12. The molecule has 1 heterocycles. The predicted molar refractivity (Wildman–Crippen MR) is 128 cm³/mol. The van der Waals surface area contributed by atoms with Crippen LogP contribution in [0.25, 0.3) is 10.1 Å². The number of nitrogens with one attached hydrogen (secondary N) is 2. The summed E-state index contributed by atoms with van der Waals surface area (Å²) >= 11 is 1.62. The van der Waals surface area contributed by atoms with Gasteiger partial charge in [0.25, 0.3) is 0 Å². The van der Waals surface area contributed by atoms with Gasteiger partial charge in [0.1, 0.15) is 6.10 Å². The number of methoxy groups -OCH3 is 1. The number of fused-ring (bicyclic) bond motifs is 1. The van der Waals surface area contributed by atoms with E-state index in [2.05, 4.69) is 52.0 Å². The van der Waals surface area contributed by atoms with Gasteiger partial charge in [-0.2, -0.15) is 0 Å². The van der Waals surface area contributed by atoms with E-state index >= 15 is 0 Å². The fraction of sp³-hybridized carbons (Fsp3) is 0.286. The molecule has 3 N–H and O–H groups in total. The van der Waals surface area contributed by atoms with Crippen molar-refractivity contribution in [3.05, 3.63) is 70.6 Å². The molecule has 0 bridgehead atoms. The molecule has 0 spiro atoms. The first-order chi connectivity index (χ1) is 13.2. The van der Waals surface area contributed by atoms with E-state index in [-0.39, 0.29) is 24.0 Å². The summed E-state index contributed by atoms with van der Waals surface area (Å²) in [6.45, 7) is 1.68. The van der Waals surface area contributed by atoms with E-state index in [9.17, 15) is 5.11 Å². The summed E-state index contributed by atoms with van der Waals surface area (Å²) in [4.78, 5) is 5.18. The van der Waals surface area contributed by atoms with Crippen molar-refractivity contribution in [3.63, 3.8) is 0 Å². The van der Waals surface area contributed by atoms with Gasteiger partial charge in [-0.1, -0.05) is 42.5 Å². The van der Waals surface area contributed by atoms with Crippen molar-refractivity contribution >= 4 is 51.4 Å². The minimum Gasteiger partial charge on any atom is -0.386 e. The number of aliphatic imine (C=N–C) groups is 1. The van der Waals surface area contributed by atoms with Crippen LogP contribution in [0.2, 0.25) is 0 Å². The van der Waals surface area contributed by atoms with E-state index < -0.39 is 6.10 Å². The molecule has 1 aromatic heterocycles. The summed E-state index contributed by atoms with van der Waals surface area (Å²) < 4.78 is 6.31. The molecular formula is C21H26IN3O2S. The zero-order chi connectivity index (χ0) is 19.1.